The maximum atomic E-state index is 15.0. The Balaban J connectivity index is 1.81. The molecule has 0 bridgehead atoms. The molecule has 38 heavy (non-hydrogen) atoms. The number of hydrogen-bond acceptors (Lipinski definition) is 4. The Labute approximate surface area is 223 Å². The van der Waals surface area contributed by atoms with Crippen LogP contribution in [-0.4, -0.2) is 36.1 Å². The van der Waals surface area contributed by atoms with Gasteiger partial charge in [-0.25, -0.2) is 9.38 Å². The predicted molar refractivity (Wildman–Crippen MR) is 146 cm³/mol. The van der Waals surface area contributed by atoms with Crippen LogP contribution >= 0.6 is 0 Å². The minimum Gasteiger partial charge on any atom is -0.369 e. The number of halogens is 1. The third-order valence-electron chi connectivity index (χ3n) is 7.38. The smallest absolute Gasteiger partial charge is 0.272 e. The molecule has 200 valence electrons. The van der Waals surface area contributed by atoms with Gasteiger partial charge in [-0.15, -0.1) is 0 Å². The summed E-state index contributed by atoms with van der Waals surface area (Å²) in [6, 6.07) is 13.5. The number of carbonyl (C=O) groups is 3. The van der Waals surface area contributed by atoms with Gasteiger partial charge in [-0.1, -0.05) is 63.3 Å². The predicted octanol–water partition coefficient (Wildman–Crippen LogP) is 4.35. The van der Waals surface area contributed by atoms with Gasteiger partial charge in [0, 0.05) is 17.7 Å². The van der Waals surface area contributed by atoms with Gasteiger partial charge in [0.1, 0.15) is 5.82 Å². The third kappa shape index (κ3) is 5.12. The number of anilines is 1. The number of nitrogens with zero attached hydrogens (tertiary/aromatic N) is 2. The van der Waals surface area contributed by atoms with Crippen LogP contribution in [0.5, 0.6) is 0 Å². The lowest BCUT2D eigenvalue weighted by Gasteiger charge is -2.35. The molecule has 0 saturated heterocycles. The molecule has 2 unspecified atom stereocenters. The molecule has 2 aromatic rings. The molecule has 2 atom stereocenters. The molecule has 3 N–H and O–H groups in total. The van der Waals surface area contributed by atoms with Crippen molar-refractivity contribution in [3.8, 4) is 0 Å². The molecule has 0 radical (unpaired) electrons. The second-order valence-corrected chi connectivity index (χ2v) is 10.5. The zero-order valence-electron chi connectivity index (χ0n) is 22.1. The van der Waals surface area contributed by atoms with E-state index < -0.39 is 41.0 Å². The number of benzene rings is 2. The third-order valence-corrected chi connectivity index (χ3v) is 7.38. The maximum Gasteiger partial charge on any atom is 0.272 e. The van der Waals surface area contributed by atoms with Crippen LogP contribution in [0.25, 0.3) is 0 Å². The van der Waals surface area contributed by atoms with Crippen LogP contribution in [0.4, 0.5) is 10.1 Å². The van der Waals surface area contributed by atoms with Gasteiger partial charge < -0.3 is 16.0 Å². The van der Waals surface area contributed by atoms with Gasteiger partial charge in [0.2, 0.25) is 18.0 Å². The van der Waals surface area contributed by atoms with Crippen LogP contribution in [-0.2, 0) is 14.4 Å². The molecule has 1 heterocycles. The number of nitrogens with one attached hydrogen (secondary N) is 1. The average molecular weight is 519 g/mol. The zero-order valence-corrected chi connectivity index (χ0v) is 22.1. The molecule has 2 aromatic carbocycles. The number of benzodiazepines with no additional fused rings is 1. The summed E-state index contributed by atoms with van der Waals surface area (Å²) < 4.78 is 15.0. The highest BCUT2D eigenvalue weighted by molar-refractivity contribution is 6.20. The number of allylic oxidation sites excluding steroid dienone is 2. The molecule has 0 aromatic heterocycles. The number of nitrogens with two attached hydrogens (primary N) is 1. The van der Waals surface area contributed by atoms with Crippen LogP contribution in [0.2, 0.25) is 0 Å². The van der Waals surface area contributed by atoms with Gasteiger partial charge in [-0.3, -0.25) is 14.4 Å². The molecular weight excluding hydrogens is 483 g/mol. The van der Waals surface area contributed by atoms with Crippen molar-refractivity contribution in [3.63, 3.8) is 0 Å². The van der Waals surface area contributed by atoms with Crippen LogP contribution < -0.4 is 16.0 Å². The summed E-state index contributed by atoms with van der Waals surface area (Å²) in [6.07, 6.45) is 4.26. The van der Waals surface area contributed by atoms with Gasteiger partial charge in [0.25, 0.3) is 5.91 Å². The Kier molecular flexibility index (Phi) is 8.09. The van der Waals surface area contributed by atoms with E-state index in [1.165, 1.54) is 6.07 Å². The van der Waals surface area contributed by atoms with E-state index in [1.807, 2.05) is 45.1 Å². The zero-order chi connectivity index (χ0) is 27.4. The van der Waals surface area contributed by atoms with Crippen molar-refractivity contribution in [2.75, 3.05) is 11.4 Å². The first-order valence-corrected chi connectivity index (χ1v) is 13.2. The summed E-state index contributed by atoms with van der Waals surface area (Å²) in [5, 5.41) is 2.84. The SMILES string of the molecule is CCCN1C(=O)C(NC(=O)C(CC(C)C)C2(C(N)=O)CC=CC2)N=C(c2ccccc2F)c2ccccc21. The molecular formula is C30H35FN4O3. The highest BCUT2D eigenvalue weighted by Gasteiger charge is 2.49. The number of hydrogen-bond donors (Lipinski definition) is 2. The van der Waals surface area contributed by atoms with Crippen LogP contribution in [0, 0.1) is 23.1 Å². The molecule has 8 heteroatoms. The number of para-hydroxylation sites is 1. The molecule has 3 amide bonds. The van der Waals surface area contributed by atoms with Gasteiger partial charge in [-0.2, -0.15) is 0 Å². The largest absolute Gasteiger partial charge is 0.369 e. The van der Waals surface area contributed by atoms with E-state index in [1.54, 1.807) is 35.2 Å². The number of fused-ring (bicyclic) bond motifs is 1. The van der Waals surface area contributed by atoms with E-state index >= 15 is 4.39 Å². The standard InChI is InChI=1S/C30H35FN4O3/c1-4-17-35-24-14-8-6-12-21(24)25(20-11-5-7-13-23(20)31)33-26(28(35)37)34-27(36)22(18-19(2)3)30(29(32)38)15-9-10-16-30/h5-14,19,22,26H,4,15-18H2,1-3H3,(H2,32,38)(H,34,36). The summed E-state index contributed by atoms with van der Waals surface area (Å²) in [7, 11) is 0. The molecule has 7 nitrogen and oxygen atoms in total. The fourth-order valence-corrected chi connectivity index (χ4v) is 5.46. The fourth-order valence-electron chi connectivity index (χ4n) is 5.46. The summed E-state index contributed by atoms with van der Waals surface area (Å²) in [5.41, 5.74) is 6.52. The summed E-state index contributed by atoms with van der Waals surface area (Å²) >= 11 is 0. The Hall–Kier alpha value is -3.81. The van der Waals surface area contributed by atoms with Crippen molar-refractivity contribution >= 4 is 29.1 Å². The van der Waals surface area contributed by atoms with Crippen molar-refractivity contribution in [1.29, 1.82) is 0 Å². The van der Waals surface area contributed by atoms with Crippen molar-refractivity contribution in [2.24, 2.45) is 28.0 Å². The summed E-state index contributed by atoms with van der Waals surface area (Å²) in [4.78, 5) is 46.7. The van der Waals surface area contributed by atoms with Gasteiger partial charge in [0.05, 0.1) is 22.7 Å². The van der Waals surface area contributed by atoms with Crippen molar-refractivity contribution in [2.45, 2.75) is 52.6 Å². The average Bonchev–Trinajstić information content (AvgIpc) is 3.36. The van der Waals surface area contributed by atoms with E-state index in [0.29, 0.717) is 43.5 Å². The molecule has 0 fully saturated rings. The number of primary amides is 1. The van der Waals surface area contributed by atoms with Gasteiger partial charge in [-0.05, 0) is 49.8 Å². The Morgan fingerprint density at radius 2 is 1.74 bits per heavy atom. The normalized spacial score (nSPS) is 19.1. The van der Waals surface area contributed by atoms with E-state index in [0.717, 1.165) is 0 Å². The van der Waals surface area contributed by atoms with E-state index in [9.17, 15) is 14.4 Å². The van der Waals surface area contributed by atoms with Gasteiger partial charge >= 0.3 is 0 Å². The molecule has 1 aliphatic heterocycles. The van der Waals surface area contributed by atoms with Crippen molar-refractivity contribution in [3.05, 3.63) is 77.6 Å². The lowest BCUT2D eigenvalue weighted by molar-refractivity contribution is -0.141. The topological polar surface area (TPSA) is 105 Å². The molecule has 0 saturated carbocycles. The highest BCUT2D eigenvalue weighted by Crippen LogP contribution is 2.43. The molecule has 2 aliphatic rings. The second-order valence-electron chi connectivity index (χ2n) is 10.5. The molecule has 4 rings (SSSR count). The Morgan fingerprint density at radius 1 is 1.11 bits per heavy atom. The quantitative estimate of drug-likeness (QED) is 0.482. The monoisotopic (exact) mass is 518 g/mol. The van der Waals surface area contributed by atoms with E-state index in [-0.39, 0.29) is 17.2 Å². The minimum atomic E-state index is -1.30. The van der Waals surface area contributed by atoms with Crippen molar-refractivity contribution in [1.82, 2.24) is 5.32 Å². The number of amides is 3. The Morgan fingerprint density at radius 3 is 2.34 bits per heavy atom. The molecule has 1 aliphatic carbocycles. The van der Waals surface area contributed by atoms with Crippen molar-refractivity contribution < 1.29 is 18.8 Å². The van der Waals surface area contributed by atoms with E-state index in [4.69, 9.17) is 5.73 Å². The first-order valence-electron chi connectivity index (χ1n) is 13.2. The number of rotatable bonds is 9. The second kappa shape index (κ2) is 11.3. The minimum absolute atomic E-state index is 0.103. The summed E-state index contributed by atoms with van der Waals surface area (Å²) in [5.74, 6) is -2.54. The molecule has 0 spiro atoms. The maximum absolute atomic E-state index is 15.0. The summed E-state index contributed by atoms with van der Waals surface area (Å²) in [6.45, 7) is 6.30. The fraction of sp³-hybridized carbons (Fsp3) is 0.400. The number of carbonyl (C=O) groups excluding carboxylic acids is 3. The Bertz CT molecular complexity index is 1280. The highest BCUT2D eigenvalue weighted by atomic mass is 19.1. The first kappa shape index (κ1) is 27.2. The lowest BCUT2D eigenvalue weighted by Crippen LogP contribution is -2.54. The van der Waals surface area contributed by atoms with Gasteiger partial charge in [0.15, 0.2) is 0 Å². The number of aliphatic imine (C=N–C) groups is 1. The van der Waals surface area contributed by atoms with E-state index in [2.05, 4.69) is 10.3 Å². The van der Waals surface area contributed by atoms with Crippen LogP contribution in [0.15, 0.2) is 65.7 Å². The van der Waals surface area contributed by atoms with Crippen LogP contribution in [0.3, 0.4) is 0 Å². The lowest BCUT2D eigenvalue weighted by atomic mass is 9.69. The van der Waals surface area contributed by atoms with Crippen LogP contribution in [0.1, 0.15) is 57.6 Å². The first-order chi connectivity index (χ1) is 18.2.